The lowest BCUT2D eigenvalue weighted by atomic mass is 9.95. The Labute approximate surface area is 246 Å². The lowest BCUT2D eigenvalue weighted by Crippen LogP contribution is -2.35. The Morgan fingerprint density at radius 3 is 2.50 bits per heavy atom. The molecular weight excluding hydrogens is 595 g/mol. The number of pyridine rings is 2. The summed E-state index contributed by atoms with van der Waals surface area (Å²) in [5.74, 6) is -4.35. The van der Waals surface area contributed by atoms with Gasteiger partial charge in [0.05, 0.1) is 31.0 Å². The first-order valence-corrected chi connectivity index (χ1v) is 13.7. The van der Waals surface area contributed by atoms with Crippen LogP contribution in [0.25, 0.3) is 22.2 Å². The van der Waals surface area contributed by atoms with Gasteiger partial charge in [-0.05, 0) is 61.4 Å². The van der Waals surface area contributed by atoms with Crippen molar-refractivity contribution in [1.29, 1.82) is 0 Å². The Morgan fingerprint density at radius 1 is 1.09 bits per heavy atom. The van der Waals surface area contributed by atoms with Crippen LogP contribution in [0.15, 0.2) is 54.7 Å². The number of carbonyl (C=O) groups excluding carboxylic acids is 1. The van der Waals surface area contributed by atoms with Crippen LogP contribution < -0.4 is 14.8 Å². The molecule has 13 heteroatoms. The third kappa shape index (κ3) is 6.00. The van der Waals surface area contributed by atoms with Crippen molar-refractivity contribution in [2.45, 2.75) is 43.4 Å². The van der Waals surface area contributed by atoms with Crippen molar-refractivity contribution in [3.8, 4) is 22.8 Å². The van der Waals surface area contributed by atoms with Gasteiger partial charge >= 0.3 is 6.18 Å². The highest BCUT2D eigenvalue weighted by Crippen LogP contribution is 2.44. The molecule has 1 N–H and O–H groups in total. The van der Waals surface area contributed by atoms with Gasteiger partial charge in [0, 0.05) is 40.4 Å². The number of rotatable bonds is 9. The molecular formula is C31H24F7N3O3. The van der Waals surface area contributed by atoms with E-state index in [-0.39, 0.29) is 63.1 Å². The molecule has 1 saturated carbocycles. The van der Waals surface area contributed by atoms with E-state index in [0.29, 0.717) is 0 Å². The second-order valence-corrected chi connectivity index (χ2v) is 10.7. The van der Waals surface area contributed by atoms with Crippen LogP contribution >= 0.6 is 0 Å². The number of amides is 1. The number of hydrogen-bond acceptors (Lipinski definition) is 5. The minimum atomic E-state index is -4.89. The van der Waals surface area contributed by atoms with E-state index in [1.54, 1.807) is 0 Å². The predicted octanol–water partition coefficient (Wildman–Crippen LogP) is 7.44. The van der Waals surface area contributed by atoms with Gasteiger partial charge in [-0.2, -0.15) is 13.2 Å². The summed E-state index contributed by atoms with van der Waals surface area (Å²) in [7, 11) is 0. The van der Waals surface area contributed by atoms with E-state index in [0.717, 1.165) is 43.3 Å². The number of alkyl halides is 6. The van der Waals surface area contributed by atoms with Crippen molar-refractivity contribution in [3.63, 3.8) is 0 Å². The van der Waals surface area contributed by atoms with Crippen molar-refractivity contribution in [2.24, 2.45) is 0 Å². The van der Waals surface area contributed by atoms with E-state index < -0.39 is 55.1 Å². The fourth-order valence-corrected chi connectivity index (χ4v) is 5.04. The monoisotopic (exact) mass is 619 g/mol. The van der Waals surface area contributed by atoms with Crippen LogP contribution in [0.1, 0.15) is 58.3 Å². The zero-order valence-corrected chi connectivity index (χ0v) is 22.8. The normalized spacial score (nSPS) is 17.0. The first kappa shape index (κ1) is 29.6. The van der Waals surface area contributed by atoms with Gasteiger partial charge in [-0.25, -0.2) is 18.2 Å². The van der Waals surface area contributed by atoms with E-state index in [9.17, 15) is 35.5 Å². The minimum Gasteiger partial charge on any atom is -0.490 e. The molecule has 1 aliphatic carbocycles. The molecule has 0 radical (unpaired) electrons. The highest BCUT2D eigenvalue weighted by atomic mass is 19.4. The first-order valence-electron chi connectivity index (χ1n) is 13.7. The summed E-state index contributed by atoms with van der Waals surface area (Å²) in [5.41, 5.74) is -0.288. The number of halogens is 7. The third-order valence-corrected chi connectivity index (χ3v) is 7.51. The van der Waals surface area contributed by atoms with Crippen molar-refractivity contribution in [2.75, 3.05) is 19.8 Å². The molecule has 1 amide bonds. The van der Waals surface area contributed by atoms with Gasteiger partial charge < -0.3 is 14.8 Å². The van der Waals surface area contributed by atoms with Gasteiger partial charge in [0.1, 0.15) is 34.4 Å². The topological polar surface area (TPSA) is 73.3 Å². The summed E-state index contributed by atoms with van der Waals surface area (Å²) in [4.78, 5) is 21.5. The third-order valence-electron chi connectivity index (χ3n) is 7.51. The van der Waals surface area contributed by atoms with Crippen molar-refractivity contribution >= 4 is 16.8 Å². The molecule has 0 spiro atoms. The molecule has 6 rings (SSSR count). The van der Waals surface area contributed by atoms with Crippen LogP contribution in [-0.4, -0.2) is 48.0 Å². The van der Waals surface area contributed by atoms with Crippen LogP contribution in [-0.2, 0) is 0 Å². The zero-order valence-electron chi connectivity index (χ0n) is 22.8. The number of ether oxygens (including phenoxy) is 2. The van der Waals surface area contributed by atoms with Gasteiger partial charge in [-0.15, -0.1) is 0 Å². The number of nitrogens with zero attached hydrogens (tertiary/aromatic N) is 2. The summed E-state index contributed by atoms with van der Waals surface area (Å²) in [5, 5.41) is 2.45. The maximum Gasteiger partial charge on any atom is 0.398 e. The molecule has 4 aromatic rings. The van der Waals surface area contributed by atoms with E-state index in [2.05, 4.69) is 15.3 Å². The Balaban J connectivity index is 1.33. The molecule has 6 nitrogen and oxygen atoms in total. The average molecular weight is 620 g/mol. The number of benzene rings is 2. The molecule has 230 valence electrons. The molecule has 2 aliphatic rings. The molecule has 2 aromatic heterocycles. The van der Waals surface area contributed by atoms with E-state index in [1.165, 1.54) is 24.3 Å². The number of nitrogens with one attached hydrogen (secondary N) is 1. The maximum atomic E-state index is 14.5. The van der Waals surface area contributed by atoms with Crippen LogP contribution in [0.3, 0.4) is 0 Å². The maximum absolute atomic E-state index is 14.5. The molecule has 1 fully saturated rings. The van der Waals surface area contributed by atoms with Gasteiger partial charge in [0.25, 0.3) is 12.3 Å². The Hall–Kier alpha value is -4.42. The van der Waals surface area contributed by atoms with Crippen molar-refractivity contribution in [3.05, 3.63) is 82.9 Å². The second-order valence-electron chi connectivity index (χ2n) is 10.7. The summed E-state index contributed by atoms with van der Waals surface area (Å²) in [6, 6.07) is 9.73. The van der Waals surface area contributed by atoms with Crippen LogP contribution in [0.4, 0.5) is 30.7 Å². The molecule has 2 unspecified atom stereocenters. The Morgan fingerprint density at radius 2 is 1.84 bits per heavy atom. The van der Waals surface area contributed by atoms with Gasteiger partial charge in [-0.1, -0.05) is 0 Å². The standard InChI is InChI=1S/C31H24F7N3O3/c32-11-19-14-43-28-22(19)10-24(41-27(28)15-1-3-20(33)4-2-15)23(31(36,37)38)13-40-30(42)17-7-16-8-18(29(34)35)12-39-26(16)25(9-17)44-21-5-6-21/h1-4,7-10,12,19,21,23,29H,5-6,11,13-14H2,(H,40,42). The first-order chi connectivity index (χ1) is 21.0. The second kappa shape index (κ2) is 11.6. The fraction of sp³-hybridized carbons (Fsp3) is 0.323. The van der Waals surface area contributed by atoms with Crippen molar-refractivity contribution in [1.82, 2.24) is 15.3 Å². The van der Waals surface area contributed by atoms with Gasteiger partial charge in [-0.3, -0.25) is 14.2 Å². The zero-order chi connectivity index (χ0) is 31.2. The van der Waals surface area contributed by atoms with Crippen LogP contribution in [0, 0.1) is 5.82 Å². The van der Waals surface area contributed by atoms with E-state index in [1.807, 2.05) is 0 Å². The van der Waals surface area contributed by atoms with E-state index in [4.69, 9.17) is 9.47 Å². The van der Waals surface area contributed by atoms with Crippen LogP contribution in [0.5, 0.6) is 11.5 Å². The fourth-order valence-electron chi connectivity index (χ4n) is 5.04. The number of hydrogen-bond donors (Lipinski definition) is 1. The smallest absolute Gasteiger partial charge is 0.398 e. The van der Waals surface area contributed by atoms with Gasteiger partial charge in [0.15, 0.2) is 0 Å². The van der Waals surface area contributed by atoms with Crippen molar-refractivity contribution < 1.29 is 45.0 Å². The Kier molecular flexibility index (Phi) is 7.80. The molecule has 1 aliphatic heterocycles. The Bertz CT molecular complexity index is 1710. The number of aromatic nitrogens is 2. The highest BCUT2D eigenvalue weighted by Gasteiger charge is 2.43. The van der Waals surface area contributed by atoms with Crippen LogP contribution in [0.2, 0.25) is 0 Å². The predicted molar refractivity (Wildman–Crippen MR) is 145 cm³/mol. The summed E-state index contributed by atoms with van der Waals surface area (Å²) < 4.78 is 109. The number of fused-ring (bicyclic) bond motifs is 2. The quantitative estimate of drug-likeness (QED) is 0.197. The molecule has 3 heterocycles. The molecule has 0 saturated heterocycles. The summed E-state index contributed by atoms with van der Waals surface area (Å²) >= 11 is 0. The lowest BCUT2D eigenvalue weighted by Gasteiger charge is -2.22. The van der Waals surface area contributed by atoms with E-state index >= 15 is 0 Å². The SMILES string of the molecule is O=C(NCC(c1cc2c(c(-c3ccc(F)cc3)n1)OCC2CF)C(F)(F)F)c1cc(OC2CC2)c2ncc(C(F)F)cc2c1. The summed E-state index contributed by atoms with van der Waals surface area (Å²) in [6.07, 6.45) is -5.35. The highest BCUT2D eigenvalue weighted by molar-refractivity contribution is 6.00. The largest absolute Gasteiger partial charge is 0.490 e. The minimum absolute atomic E-state index is 0.00671. The molecule has 2 aromatic carbocycles. The van der Waals surface area contributed by atoms with Gasteiger partial charge in [0.2, 0.25) is 0 Å². The molecule has 0 bridgehead atoms. The molecule has 44 heavy (non-hydrogen) atoms. The lowest BCUT2D eigenvalue weighted by molar-refractivity contribution is -0.149. The molecule has 2 atom stereocenters. The summed E-state index contributed by atoms with van der Waals surface area (Å²) in [6.45, 7) is -1.93. The average Bonchev–Trinajstić information content (AvgIpc) is 3.71. The number of carbonyl (C=O) groups is 1.